The van der Waals surface area contributed by atoms with Gasteiger partial charge in [-0.2, -0.15) is 0 Å². The summed E-state index contributed by atoms with van der Waals surface area (Å²) in [5, 5.41) is 10.2. The quantitative estimate of drug-likeness (QED) is 0.722. The van der Waals surface area contributed by atoms with Crippen molar-refractivity contribution in [1.29, 1.82) is 0 Å². The van der Waals surface area contributed by atoms with E-state index in [1.54, 1.807) is 6.92 Å². The lowest BCUT2D eigenvalue weighted by molar-refractivity contribution is -0.123. The third-order valence-corrected chi connectivity index (χ3v) is 2.46. The van der Waals surface area contributed by atoms with Crippen LogP contribution in [0.4, 0.5) is 8.78 Å². The molecule has 0 bridgehead atoms. The van der Waals surface area contributed by atoms with Gasteiger partial charge < -0.3 is 10.4 Å². The molecule has 1 atom stereocenters. The second-order valence-electron chi connectivity index (χ2n) is 2.61. The Morgan fingerprint density at radius 3 is 2.62 bits per heavy atom. The summed E-state index contributed by atoms with van der Waals surface area (Å²) < 4.78 is 24.8. The molecule has 2 N–H and O–H groups in total. The van der Waals surface area contributed by atoms with Crippen LogP contribution in [-0.2, 0) is 4.79 Å². The average molecular weight is 260 g/mol. The molecule has 3 nitrogen and oxygen atoms in total. The van der Waals surface area contributed by atoms with Crippen LogP contribution in [0.5, 0.6) is 0 Å². The van der Waals surface area contributed by atoms with Crippen molar-refractivity contribution in [2.45, 2.75) is 24.1 Å². The fraction of sp³-hybridized carbons (Fsp3) is 0.857. The van der Waals surface area contributed by atoms with E-state index >= 15 is 0 Å². The summed E-state index contributed by atoms with van der Waals surface area (Å²) >= 11 is 3.01. The van der Waals surface area contributed by atoms with E-state index < -0.39 is 29.8 Å². The number of halogens is 3. The first-order chi connectivity index (χ1) is 5.93. The van der Waals surface area contributed by atoms with Gasteiger partial charge in [0.15, 0.2) is 0 Å². The Balaban J connectivity index is 3.83. The summed E-state index contributed by atoms with van der Waals surface area (Å²) in [6.07, 6.45) is 0.524. The van der Waals surface area contributed by atoms with Gasteiger partial charge in [0, 0.05) is 0 Å². The van der Waals surface area contributed by atoms with Crippen molar-refractivity contribution in [2.24, 2.45) is 0 Å². The van der Waals surface area contributed by atoms with Crippen molar-refractivity contribution in [3.05, 3.63) is 0 Å². The zero-order valence-corrected chi connectivity index (χ0v) is 8.77. The lowest BCUT2D eigenvalue weighted by Gasteiger charge is -2.15. The maximum absolute atomic E-state index is 12.4. The van der Waals surface area contributed by atoms with Gasteiger partial charge in [0.05, 0.1) is 11.4 Å². The Bertz CT molecular complexity index is 178. The van der Waals surface area contributed by atoms with Crippen molar-refractivity contribution in [3.63, 3.8) is 0 Å². The van der Waals surface area contributed by atoms with Crippen LogP contribution < -0.4 is 5.32 Å². The van der Waals surface area contributed by atoms with E-state index in [1.165, 1.54) is 0 Å². The van der Waals surface area contributed by atoms with Gasteiger partial charge in [0.2, 0.25) is 5.91 Å². The molecule has 0 rings (SSSR count). The molecule has 0 aromatic carbocycles. The van der Waals surface area contributed by atoms with E-state index in [0.717, 1.165) is 0 Å². The minimum atomic E-state index is -3.24. The normalized spacial score (nSPS) is 13.9. The molecule has 0 aromatic rings. The highest BCUT2D eigenvalue weighted by Crippen LogP contribution is 2.11. The van der Waals surface area contributed by atoms with Gasteiger partial charge >= 0.3 is 0 Å². The van der Waals surface area contributed by atoms with Gasteiger partial charge in [-0.3, -0.25) is 4.79 Å². The summed E-state index contributed by atoms with van der Waals surface area (Å²) in [5.74, 6) is -3.73. The first-order valence-electron chi connectivity index (χ1n) is 3.83. The highest BCUT2D eigenvalue weighted by Gasteiger charge is 2.28. The fourth-order valence-electron chi connectivity index (χ4n) is 0.568. The molecule has 0 aromatic heterocycles. The second kappa shape index (κ2) is 5.49. The smallest absolute Gasteiger partial charge is 0.287 e. The highest BCUT2D eigenvalue weighted by molar-refractivity contribution is 9.10. The van der Waals surface area contributed by atoms with Crippen LogP contribution in [-0.4, -0.2) is 34.9 Å². The molecule has 0 radical (unpaired) electrons. The molecule has 0 saturated carbocycles. The first kappa shape index (κ1) is 12.8. The van der Waals surface area contributed by atoms with Crippen molar-refractivity contribution >= 4 is 21.8 Å². The van der Waals surface area contributed by atoms with Crippen LogP contribution in [0.25, 0.3) is 0 Å². The Morgan fingerprint density at radius 1 is 1.69 bits per heavy atom. The van der Waals surface area contributed by atoms with Crippen molar-refractivity contribution in [3.8, 4) is 0 Å². The molecule has 0 aliphatic rings. The molecule has 0 spiro atoms. The zero-order valence-electron chi connectivity index (χ0n) is 7.19. The summed E-state index contributed by atoms with van der Waals surface area (Å²) in [4.78, 5) is 10.5. The number of hydrogen-bond acceptors (Lipinski definition) is 2. The zero-order chi connectivity index (χ0) is 10.5. The molecule has 0 fully saturated rings. The Labute approximate surface area is 83.6 Å². The third-order valence-electron chi connectivity index (χ3n) is 1.40. The van der Waals surface area contributed by atoms with Crippen molar-refractivity contribution in [1.82, 2.24) is 5.32 Å². The van der Waals surface area contributed by atoms with Gasteiger partial charge in [-0.05, 0) is 6.42 Å². The van der Waals surface area contributed by atoms with E-state index in [1.807, 2.05) is 5.32 Å². The molecular formula is C7H12BrF2NO2. The Kier molecular flexibility index (Phi) is 5.39. The monoisotopic (exact) mass is 259 g/mol. The molecule has 0 aliphatic carbocycles. The topological polar surface area (TPSA) is 49.3 Å². The molecule has 0 aliphatic heterocycles. The molecule has 1 amide bonds. The van der Waals surface area contributed by atoms with E-state index in [-0.39, 0.29) is 0 Å². The number of nitrogens with one attached hydrogen (secondary N) is 1. The Morgan fingerprint density at radius 2 is 2.23 bits per heavy atom. The number of amides is 1. The van der Waals surface area contributed by atoms with Gasteiger partial charge in [0.25, 0.3) is 5.92 Å². The van der Waals surface area contributed by atoms with Gasteiger partial charge in [-0.25, -0.2) is 8.78 Å². The summed E-state index contributed by atoms with van der Waals surface area (Å²) in [6.45, 7) is -0.333. The Hall–Kier alpha value is -0.230. The van der Waals surface area contributed by atoms with Crippen molar-refractivity contribution < 1.29 is 18.7 Å². The number of aliphatic hydroxyl groups is 1. The SMILES string of the molecule is CCC(Br)C(=O)NCC(F)(F)CO. The number of carbonyl (C=O) groups excluding carboxylic acids is 1. The molecule has 0 heterocycles. The van der Waals surface area contributed by atoms with Crippen LogP contribution in [0.2, 0.25) is 0 Å². The number of carbonyl (C=O) groups is 1. The number of rotatable bonds is 5. The number of hydrogen-bond donors (Lipinski definition) is 2. The van der Waals surface area contributed by atoms with Crippen LogP contribution in [0.1, 0.15) is 13.3 Å². The second-order valence-corrected chi connectivity index (χ2v) is 3.71. The van der Waals surface area contributed by atoms with Crippen LogP contribution in [0.3, 0.4) is 0 Å². The molecule has 6 heteroatoms. The minimum Gasteiger partial charge on any atom is -0.390 e. The van der Waals surface area contributed by atoms with Crippen molar-refractivity contribution in [2.75, 3.05) is 13.2 Å². The lowest BCUT2D eigenvalue weighted by Crippen LogP contribution is -2.41. The van der Waals surface area contributed by atoms with Gasteiger partial charge in [0.1, 0.15) is 6.61 Å². The lowest BCUT2D eigenvalue weighted by atomic mass is 10.3. The third kappa shape index (κ3) is 5.15. The summed E-state index contributed by atoms with van der Waals surface area (Å²) in [5.41, 5.74) is 0. The predicted octanol–water partition coefficient (Wildman–Crippen LogP) is 0.904. The van der Waals surface area contributed by atoms with Gasteiger partial charge in [-0.1, -0.05) is 22.9 Å². The number of alkyl halides is 3. The maximum atomic E-state index is 12.4. The standard InChI is InChI=1S/C7H12BrF2NO2/c1-2-5(8)6(13)11-3-7(9,10)4-12/h5,12H,2-4H2,1H3,(H,11,13). The summed E-state index contributed by atoms with van der Waals surface area (Å²) in [6, 6.07) is 0. The molecule has 1 unspecified atom stereocenters. The van der Waals surface area contributed by atoms with Crippen LogP contribution in [0.15, 0.2) is 0 Å². The molecule has 13 heavy (non-hydrogen) atoms. The minimum absolute atomic E-state index is 0.456. The fourth-order valence-corrected chi connectivity index (χ4v) is 0.730. The van der Waals surface area contributed by atoms with Gasteiger partial charge in [-0.15, -0.1) is 0 Å². The predicted molar refractivity (Wildman–Crippen MR) is 48.0 cm³/mol. The average Bonchev–Trinajstić information content (AvgIpc) is 2.13. The maximum Gasteiger partial charge on any atom is 0.287 e. The molecule has 0 saturated heterocycles. The molecule has 78 valence electrons. The first-order valence-corrected chi connectivity index (χ1v) is 4.75. The number of aliphatic hydroxyl groups excluding tert-OH is 1. The largest absolute Gasteiger partial charge is 0.390 e. The van der Waals surface area contributed by atoms with Crippen LogP contribution in [0, 0.1) is 0 Å². The summed E-state index contributed by atoms with van der Waals surface area (Å²) in [7, 11) is 0. The molecular weight excluding hydrogens is 248 g/mol. The van der Waals surface area contributed by atoms with E-state index in [4.69, 9.17) is 5.11 Å². The van der Waals surface area contributed by atoms with E-state index in [2.05, 4.69) is 15.9 Å². The van der Waals surface area contributed by atoms with E-state index in [9.17, 15) is 13.6 Å². The van der Waals surface area contributed by atoms with Crippen LogP contribution >= 0.6 is 15.9 Å². The highest BCUT2D eigenvalue weighted by atomic mass is 79.9. The van der Waals surface area contributed by atoms with E-state index in [0.29, 0.717) is 6.42 Å².